The second-order valence-corrected chi connectivity index (χ2v) is 6.67. The highest BCUT2D eigenvalue weighted by atomic mass is 35.5. The maximum absolute atomic E-state index is 12.3. The second-order valence-electron chi connectivity index (χ2n) is 4.23. The minimum absolute atomic E-state index is 0.0120. The largest absolute Gasteiger partial charge is 0.377 e. The summed E-state index contributed by atoms with van der Waals surface area (Å²) in [6, 6.07) is 2.79. The molecule has 0 aromatic carbocycles. The Morgan fingerprint density at radius 1 is 1.61 bits per heavy atom. The van der Waals surface area contributed by atoms with Crippen molar-refractivity contribution in [2.45, 2.75) is 23.8 Å². The van der Waals surface area contributed by atoms with Crippen LogP contribution in [-0.4, -0.2) is 44.0 Å². The van der Waals surface area contributed by atoms with Crippen molar-refractivity contribution in [3.63, 3.8) is 0 Å². The van der Waals surface area contributed by atoms with E-state index in [-0.39, 0.29) is 16.2 Å². The molecule has 1 aromatic heterocycles. The average Bonchev–Trinajstić information content (AvgIpc) is 2.81. The Kier molecular flexibility index (Phi) is 4.21. The van der Waals surface area contributed by atoms with Gasteiger partial charge in [0, 0.05) is 26.4 Å². The maximum Gasteiger partial charge on any atom is 0.243 e. The molecule has 1 aliphatic heterocycles. The standard InChI is InChI=1S/C11H15ClN2O3S/c1-14(8-9-3-2-6-17-9)18(15,16)10-4-5-13-11(12)7-10/h4-5,7,9H,2-3,6,8H2,1H3. The highest BCUT2D eigenvalue weighted by molar-refractivity contribution is 7.89. The first-order chi connectivity index (χ1) is 8.50. The van der Waals surface area contributed by atoms with E-state index >= 15 is 0 Å². The van der Waals surface area contributed by atoms with Crippen molar-refractivity contribution in [2.24, 2.45) is 0 Å². The number of pyridine rings is 1. The van der Waals surface area contributed by atoms with Crippen LogP contribution in [0.3, 0.4) is 0 Å². The van der Waals surface area contributed by atoms with E-state index in [0.29, 0.717) is 13.2 Å². The van der Waals surface area contributed by atoms with Crippen LogP contribution in [0.4, 0.5) is 0 Å². The van der Waals surface area contributed by atoms with Crippen LogP contribution in [0.2, 0.25) is 5.15 Å². The number of sulfonamides is 1. The molecule has 2 heterocycles. The molecule has 0 radical (unpaired) electrons. The number of rotatable bonds is 4. The van der Waals surface area contributed by atoms with Crippen LogP contribution in [0.1, 0.15) is 12.8 Å². The summed E-state index contributed by atoms with van der Waals surface area (Å²) in [5.74, 6) is 0. The Morgan fingerprint density at radius 3 is 3.00 bits per heavy atom. The van der Waals surface area contributed by atoms with Crippen molar-refractivity contribution in [1.82, 2.24) is 9.29 Å². The van der Waals surface area contributed by atoms with Crippen molar-refractivity contribution >= 4 is 21.6 Å². The van der Waals surface area contributed by atoms with Crippen LogP contribution in [-0.2, 0) is 14.8 Å². The highest BCUT2D eigenvalue weighted by Crippen LogP contribution is 2.19. The molecule has 0 saturated carbocycles. The van der Waals surface area contributed by atoms with E-state index < -0.39 is 10.0 Å². The fraction of sp³-hybridized carbons (Fsp3) is 0.545. The van der Waals surface area contributed by atoms with Gasteiger partial charge >= 0.3 is 0 Å². The molecular weight excluding hydrogens is 276 g/mol. The van der Waals surface area contributed by atoms with Crippen LogP contribution >= 0.6 is 11.6 Å². The molecular formula is C11H15ClN2O3S. The summed E-state index contributed by atoms with van der Waals surface area (Å²) in [5, 5.41) is 0.168. The summed E-state index contributed by atoms with van der Waals surface area (Å²) in [6.45, 7) is 1.07. The van der Waals surface area contributed by atoms with E-state index in [0.717, 1.165) is 12.8 Å². The predicted octanol–water partition coefficient (Wildman–Crippen LogP) is 1.53. The zero-order valence-corrected chi connectivity index (χ0v) is 11.6. The number of hydrogen-bond donors (Lipinski definition) is 0. The van der Waals surface area contributed by atoms with Gasteiger partial charge in [0.15, 0.2) is 0 Å². The normalized spacial score (nSPS) is 20.5. The molecule has 1 fully saturated rings. The number of nitrogens with zero attached hydrogens (tertiary/aromatic N) is 2. The average molecular weight is 291 g/mol. The van der Waals surface area contributed by atoms with Crippen molar-refractivity contribution < 1.29 is 13.2 Å². The van der Waals surface area contributed by atoms with Crippen molar-refractivity contribution in [2.75, 3.05) is 20.2 Å². The quantitative estimate of drug-likeness (QED) is 0.789. The molecule has 1 saturated heterocycles. The molecule has 1 aromatic rings. The molecule has 0 aliphatic carbocycles. The van der Waals surface area contributed by atoms with Crippen LogP contribution in [0.5, 0.6) is 0 Å². The number of likely N-dealkylation sites (N-methyl/N-ethyl adjacent to an activating group) is 1. The summed E-state index contributed by atoms with van der Waals surface area (Å²) in [7, 11) is -1.97. The molecule has 0 bridgehead atoms. The molecule has 2 rings (SSSR count). The molecule has 18 heavy (non-hydrogen) atoms. The lowest BCUT2D eigenvalue weighted by atomic mass is 10.2. The summed E-state index contributed by atoms with van der Waals surface area (Å²) in [5.41, 5.74) is 0. The second kappa shape index (κ2) is 5.52. The Morgan fingerprint density at radius 2 is 2.39 bits per heavy atom. The predicted molar refractivity (Wildman–Crippen MR) is 68.0 cm³/mol. The van der Waals surface area contributed by atoms with E-state index in [1.165, 1.54) is 22.6 Å². The molecule has 0 amide bonds. The van der Waals surface area contributed by atoms with E-state index in [1.807, 2.05) is 0 Å². The van der Waals surface area contributed by atoms with Crippen LogP contribution in [0, 0.1) is 0 Å². The fourth-order valence-corrected chi connectivity index (χ4v) is 3.35. The van der Waals surface area contributed by atoms with E-state index in [9.17, 15) is 8.42 Å². The minimum atomic E-state index is -3.52. The number of aromatic nitrogens is 1. The zero-order chi connectivity index (χ0) is 13.2. The van der Waals surface area contributed by atoms with Gasteiger partial charge in [-0.05, 0) is 25.0 Å². The highest BCUT2D eigenvalue weighted by Gasteiger charge is 2.26. The van der Waals surface area contributed by atoms with Gasteiger partial charge < -0.3 is 4.74 Å². The first-order valence-corrected chi connectivity index (χ1v) is 7.51. The van der Waals surface area contributed by atoms with Crippen LogP contribution in [0.15, 0.2) is 23.2 Å². The molecule has 0 spiro atoms. The Labute approximate surface area is 112 Å². The summed E-state index contributed by atoms with van der Waals surface area (Å²) >= 11 is 5.71. The lowest BCUT2D eigenvalue weighted by Gasteiger charge is -2.20. The monoisotopic (exact) mass is 290 g/mol. The first-order valence-electron chi connectivity index (χ1n) is 5.69. The Balaban J connectivity index is 2.14. The number of ether oxygens (including phenoxy) is 1. The Hall–Kier alpha value is -0.690. The molecule has 0 N–H and O–H groups in total. The van der Waals surface area contributed by atoms with E-state index in [1.54, 1.807) is 7.05 Å². The number of hydrogen-bond acceptors (Lipinski definition) is 4. The lowest BCUT2D eigenvalue weighted by Crippen LogP contribution is -2.34. The van der Waals surface area contributed by atoms with E-state index in [2.05, 4.69) is 4.98 Å². The minimum Gasteiger partial charge on any atom is -0.377 e. The van der Waals surface area contributed by atoms with Gasteiger partial charge in [-0.3, -0.25) is 0 Å². The van der Waals surface area contributed by atoms with Gasteiger partial charge in [0.2, 0.25) is 10.0 Å². The van der Waals surface area contributed by atoms with E-state index in [4.69, 9.17) is 16.3 Å². The molecule has 1 aliphatic rings. The molecule has 5 nitrogen and oxygen atoms in total. The van der Waals surface area contributed by atoms with Crippen molar-refractivity contribution in [3.8, 4) is 0 Å². The van der Waals surface area contributed by atoms with Crippen molar-refractivity contribution in [3.05, 3.63) is 23.5 Å². The third kappa shape index (κ3) is 3.00. The van der Waals surface area contributed by atoms with Crippen LogP contribution in [0.25, 0.3) is 0 Å². The number of halogens is 1. The first kappa shape index (κ1) is 13.7. The van der Waals surface area contributed by atoms with Gasteiger partial charge in [0.1, 0.15) is 5.15 Å². The lowest BCUT2D eigenvalue weighted by molar-refractivity contribution is 0.0979. The van der Waals surface area contributed by atoms with Crippen LogP contribution < -0.4 is 0 Å². The van der Waals surface area contributed by atoms with Gasteiger partial charge in [-0.2, -0.15) is 4.31 Å². The maximum atomic E-state index is 12.3. The summed E-state index contributed by atoms with van der Waals surface area (Å²) in [4.78, 5) is 3.93. The van der Waals surface area contributed by atoms with Crippen molar-refractivity contribution in [1.29, 1.82) is 0 Å². The fourth-order valence-electron chi connectivity index (χ4n) is 1.90. The molecule has 7 heteroatoms. The Bertz CT molecular complexity index is 515. The van der Waals surface area contributed by atoms with Gasteiger partial charge in [0.05, 0.1) is 11.0 Å². The zero-order valence-electron chi connectivity index (χ0n) is 10.0. The molecule has 1 atom stereocenters. The van der Waals surface area contributed by atoms with Gasteiger partial charge in [0.25, 0.3) is 0 Å². The van der Waals surface area contributed by atoms with Gasteiger partial charge in [-0.15, -0.1) is 0 Å². The smallest absolute Gasteiger partial charge is 0.243 e. The molecule has 1 unspecified atom stereocenters. The van der Waals surface area contributed by atoms with Gasteiger partial charge in [-0.25, -0.2) is 13.4 Å². The topological polar surface area (TPSA) is 59.5 Å². The summed E-state index contributed by atoms with van der Waals surface area (Å²) in [6.07, 6.45) is 3.26. The molecule has 100 valence electrons. The third-order valence-corrected chi connectivity index (χ3v) is 4.92. The van der Waals surface area contributed by atoms with Gasteiger partial charge in [-0.1, -0.05) is 11.6 Å². The SMILES string of the molecule is CN(CC1CCCO1)S(=O)(=O)c1ccnc(Cl)c1. The third-order valence-electron chi connectivity index (χ3n) is 2.89. The summed E-state index contributed by atoms with van der Waals surface area (Å²) < 4.78 is 31.2.